The normalized spacial score (nSPS) is 11.6. The van der Waals surface area contributed by atoms with E-state index in [1.54, 1.807) is 36.2 Å². The molecular formula is C26H25Cl3N2O2S. The van der Waals surface area contributed by atoms with Crippen LogP contribution < -0.4 is 5.32 Å². The number of hydrogen-bond donors (Lipinski definition) is 1. The Labute approximate surface area is 219 Å². The smallest absolute Gasteiger partial charge is 0.242 e. The van der Waals surface area contributed by atoms with Crippen LogP contribution >= 0.6 is 46.6 Å². The molecule has 34 heavy (non-hydrogen) atoms. The molecule has 3 rings (SSSR count). The lowest BCUT2D eigenvalue weighted by atomic mass is 10.0. The first kappa shape index (κ1) is 26.4. The summed E-state index contributed by atoms with van der Waals surface area (Å²) in [5, 5.41) is 4.42. The molecule has 8 heteroatoms. The van der Waals surface area contributed by atoms with Gasteiger partial charge in [0.05, 0.1) is 5.75 Å². The Hall–Kier alpha value is -2.18. The predicted molar refractivity (Wildman–Crippen MR) is 143 cm³/mol. The lowest BCUT2D eigenvalue weighted by Crippen LogP contribution is -2.50. The number of halogens is 3. The van der Waals surface area contributed by atoms with Gasteiger partial charge in [-0.05, 0) is 41.0 Å². The van der Waals surface area contributed by atoms with Gasteiger partial charge in [-0.25, -0.2) is 0 Å². The molecule has 0 aliphatic heterocycles. The monoisotopic (exact) mass is 534 g/mol. The minimum absolute atomic E-state index is 0.155. The van der Waals surface area contributed by atoms with Crippen molar-refractivity contribution in [3.05, 3.63) is 105 Å². The standard InChI is InChI=1S/C26H25Cl3N2O2S/c1-30-26(33)24(14-18-7-3-2-4-8-18)31(15-19-9-5-10-20(27)13-19)25(32)17-34-16-21-22(28)11-6-12-23(21)29/h2-13,24H,14-17H2,1H3,(H,30,33). The molecule has 178 valence electrons. The van der Waals surface area contributed by atoms with Gasteiger partial charge in [-0.15, -0.1) is 11.8 Å². The van der Waals surface area contributed by atoms with Crippen LogP contribution in [0.5, 0.6) is 0 Å². The Morgan fingerprint density at radius 3 is 2.21 bits per heavy atom. The van der Waals surface area contributed by atoms with Gasteiger partial charge in [0, 0.05) is 40.8 Å². The van der Waals surface area contributed by atoms with Gasteiger partial charge in [-0.3, -0.25) is 9.59 Å². The van der Waals surface area contributed by atoms with Gasteiger partial charge < -0.3 is 10.2 Å². The summed E-state index contributed by atoms with van der Waals surface area (Å²) in [5.41, 5.74) is 2.61. The number of carbonyl (C=O) groups is 2. The van der Waals surface area contributed by atoms with E-state index < -0.39 is 6.04 Å². The highest BCUT2D eigenvalue weighted by atomic mass is 35.5. The summed E-state index contributed by atoms with van der Waals surface area (Å²) >= 11 is 20.1. The number of nitrogens with one attached hydrogen (secondary N) is 1. The van der Waals surface area contributed by atoms with E-state index in [1.165, 1.54) is 11.8 Å². The van der Waals surface area contributed by atoms with E-state index in [4.69, 9.17) is 34.8 Å². The Morgan fingerprint density at radius 1 is 0.912 bits per heavy atom. The van der Waals surface area contributed by atoms with Gasteiger partial charge in [-0.1, -0.05) is 83.3 Å². The maximum Gasteiger partial charge on any atom is 0.242 e. The van der Waals surface area contributed by atoms with E-state index in [1.807, 2.05) is 48.5 Å². The molecule has 0 aliphatic rings. The summed E-state index contributed by atoms with van der Waals surface area (Å²) in [7, 11) is 1.58. The SMILES string of the molecule is CNC(=O)C(Cc1ccccc1)N(Cc1cccc(Cl)c1)C(=O)CSCc1c(Cl)cccc1Cl. The molecule has 1 atom stereocenters. The highest BCUT2D eigenvalue weighted by Crippen LogP contribution is 2.28. The second-order valence-electron chi connectivity index (χ2n) is 7.66. The molecule has 0 radical (unpaired) electrons. The van der Waals surface area contributed by atoms with Crippen LogP contribution in [-0.4, -0.2) is 35.6 Å². The molecular weight excluding hydrogens is 511 g/mol. The fourth-order valence-corrected chi connectivity index (χ4v) is 5.41. The third kappa shape index (κ3) is 7.41. The van der Waals surface area contributed by atoms with Gasteiger partial charge >= 0.3 is 0 Å². The molecule has 0 spiro atoms. The summed E-state index contributed by atoms with van der Waals surface area (Å²) < 4.78 is 0. The third-order valence-corrected chi connectivity index (χ3v) is 7.18. The van der Waals surface area contributed by atoms with Crippen molar-refractivity contribution in [1.82, 2.24) is 10.2 Å². The van der Waals surface area contributed by atoms with Crippen LogP contribution in [0.3, 0.4) is 0 Å². The molecule has 2 amide bonds. The number of amides is 2. The van der Waals surface area contributed by atoms with Crippen LogP contribution in [0.4, 0.5) is 0 Å². The topological polar surface area (TPSA) is 49.4 Å². The van der Waals surface area contributed by atoms with Crippen LogP contribution in [0.25, 0.3) is 0 Å². The molecule has 4 nitrogen and oxygen atoms in total. The Kier molecular flexibility index (Phi) is 10.1. The highest BCUT2D eigenvalue weighted by molar-refractivity contribution is 7.99. The second kappa shape index (κ2) is 13.1. The highest BCUT2D eigenvalue weighted by Gasteiger charge is 2.29. The van der Waals surface area contributed by atoms with E-state index in [9.17, 15) is 9.59 Å². The number of nitrogens with zero attached hydrogens (tertiary/aromatic N) is 1. The summed E-state index contributed by atoms with van der Waals surface area (Å²) in [6.07, 6.45) is 0.397. The molecule has 0 heterocycles. The quantitative estimate of drug-likeness (QED) is 0.333. The Bertz CT molecular complexity index is 1110. The van der Waals surface area contributed by atoms with Crippen LogP contribution in [0, 0.1) is 0 Å². The van der Waals surface area contributed by atoms with Gasteiger partial charge in [0.1, 0.15) is 6.04 Å². The number of carbonyl (C=O) groups excluding carboxylic acids is 2. The molecule has 0 aliphatic carbocycles. The van der Waals surface area contributed by atoms with Crippen molar-refractivity contribution in [2.75, 3.05) is 12.8 Å². The molecule has 3 aromatic carbocycles. The number of hydrogen-bond acceptors (Lipinski definition) is 3. The summed E-state index contributed by atoms with van der Waals surface area (Å²) in [4.78, 5) is 28.0. The fourth-order valence-electron chi connectivity index (χ4n) is 3.55. The zero-order chi connectivity index (χ0) is 24.5. The van der Waals surface area contributed by atoms with Gasteiger partial charge in [0.25, 0.3) is 0 Å². The van der Waals surface area contributed by atoms with E-state index in [0.717, 1.165) is 16.7 Å². The average molecular weight is 536 g/mol. The number of benzene rings is 3. The fraction of sp³-hybridized carbons (Fsp3) is 0.231. The molecule has 0 saturated carbocycles. The second-order valence-corrected chi connectivity index (χ2v) is 9.90. The molecule has 1 unspecified atom stereocenters. The van der Waals surface area contributed by atoms with Crippen molar-refractivity contribution in [3.8, 4) is 0 Å². The maximum atomic E-state index is 13.5. The number of thioether (sulfide) groups is 1. The van der Waals surface area contributed by atoms with Crippen molar-refractivity contribution >= 4 is 58.4 Å². The van der Waals surface area contributed by atoms with Crippen molar-refractivity contribution in [1.29, 1.82) is 0 Å². The van der Waals surface area contributed by atoms with Gasteiger partial charge in [0.15, 0.2) is 0 Å². The lowest BCUT2D eigenvalue weighted by Gasteiger charge is -2.31. The van der Waals surface area contributed by atoms with E-state index in [-0.39, 0.29) is 24.1 Å². The Balaban J connectivity index is 1.83. The third-order valence-electron chi connectivity index (χ3n) is 5.29. The summed E-state index contributed by atoms with van der Waals surface area (Å²) in [5.74, 6) is 0.277. The first-order valence-corrected chi connectivity index (χ1v) is 13.0. The van der Waals surface area contributed by atoms with Crippen molar-refractivity contribution in [3.63, 3.8) is 0 Å². The van der Waals surface area contributed by atoms with Crippen LogP contribution in [0.15, 0.2) is 72.8 Å². The minimum Gasteiger partial charge on any atom is -0.357 e. The Morgan fingerprint density at radius 2 is 1.56 bits per heavy atom. The minimum atomic E-state index is -0.677. The average Bonchev–Trinajstić information content (AvgIpc) is 2.83. The van der Waals surface area contributed by atoms with E-state index >= 15 is 0 Å². The molecule has 0 bridgehead atoms. The van der Waals surface area contributed by atoms with Crippen LogP contribution in [0.1, 0.15) is 16.7 Å². The maximum absolute atomic E-state index is 13.5. The summed E-state index contributed by atoms with van der Waals surface area (Å²) in [6, 6.07) is 21.6. The zero-order valence-corrected chi connectivity index (χ0v) is 21.7. The molecule has 0 aromatic heterocycles. The number of rotatable bonds is 10. The van der Waals surface area contributed by atoms with Crippen LogP contribution in [-0.2, 0) is 28.3 Å². The van der Waals surface area contributed by atoms with E-state index in [0.29, 0.717) is 27.2 Å². The predicted octanol–water partition coefficient (Wildman–Crippen LogP) is 6.27. The van der Waals surface area contributed by atoms with Crippen LogP contribution in [0.2, 0.25) is 15.1 Å². The summed E-state index contributed by atoms with van der Waals surface area (Å²) in [6.45, 7) is 0.262. The van der Waals surface area contributed by atoms with Gasteiger partial charge in [-0.2, -0.15) is 0 Å². The van der Waals surface area contributed by atoms with Crippen molar-refractivity contribution in [2.45, 2.75) is 24.8 Å². The number of likely N-dealkylation sites (N-methyl/N-ethyl adjacent to an activating group) is 1. The zero-order valence-electron chi connectivity index (χ0n) is 18.6. The lowest BCUT2D eigenvalue weighted by molar-refractivity contribution is -0.139. The molecule has 0 fully saturated rings. The molecule has 3 aromatic rings. The largest absolute Gasteiger partial charge is 0.357 e. The molecule has 1 N–H and O–H groups in total. The van der Waals surface area contributed by atoms with Gasteiger partial charge in [0.2, 0.25) is 11.8 Å². The van der Waals surface area contributed by atoms with Crippen molar-refractivity contribution in [2.24, 2.45) is 0 Å². The molecule has 0 saturated heterocycles. The van der Waals surface area contributed by atoms with Crippen molar-refractivity contribution < 1.29 is 9.59 Å². The first-order chi connectivity index (χ1) is 16.4. The van der Waals surface area contributed by atoms with E-state index in [2.05, 4.69) is 5.32 Å². The first-order valence-electron chi connectivity index (χ1n) is 10.7.